The second kappa shape index (κ2) is 10.4. The third-order valence-corrected chi connectivity index (χ3v) is 6.52. The Balaban J connectivity index is 1.59. The van der Waals surface area contributed by atoms with Crippen LogP contribution in [0.25, 0.3) is 11.1 Å². The molecule has 0 radical (unpaired) electrons. The smallest absolute Gasteiger partial charge is 0.336 e. The molecule has 5 heteroatoms. The first-order valence-corrected chi connectivity index (χ1v) is 11.7. The van der Waals surface area contributed by atoms with Crippen LogP contribution >= 0.6 is 0 Å². The lowest BCUT2D eigenvalue weighted by atomic mass is 9.89. The molecular formula is C28H30N2O3. The van der Waals surface area contributed by atoms with E-state index in [1.54, 1.807) is 12.1 Å². The van der Waals surface area contributed by atoms with Gasteiger partial charge >= 0.3 is 11.7 Å². The molecule has 0 saturated heterocycles. The van der Waals surface area contributed by atoms with Gasteiger partial charge in [-0.2, -0.15) is 0 Å². The lowest BCUT2D eigenvalue weighted by Crippen LogP contribution is -2.28. The molecule has 170 valence electrons. The van der Waals surface area contributed by atoms with E-state index in [9.17, 15) is 14.7 Å². The minimum absolute atomic E-state index is 0.0220. The number of carbonyl (C=O) groups is 1. The number of benzene rings is 2. The van der Waals surface area contributed by atoms with Crippen LogP contribution in [0.4, 0.5) is 0 Å². The molecule has 33 heavy (non-hydrogen) atoms. The third kappa shape index (κ3) is 5.28. The van der Waals surface area contributed by atoms with Gasteiger partial charge in [0.15, 0.2) is 0 Å². The third-order valence-electron chi connectivity index (χ3n) is 6.52. The Labute approximate surface area is 194 Å². The first-order chi connectivity index (χ1) is 16.1. The summed E-state index contributed by atoms with van der Waals surface area (Å²) in [6.45, 7) is 3.07. The molecule has 0 spiro atoms. The number of rotatable bonds is 7. The molecule has 1 heterocycles. The predicted molar refractivity (Wildman–Crippen MR) is 130 cm³/mol. The minimum Gasteiger partial charge on any atom is -0.478 e. The highest BCUT2D eigenvalue weighted by molar-refractivity contribution is 5.95. The average molecular weight is 443 g/mol. The molecule has 5 nitrogen and oxygen atoms in total. The fourth-order valence-electron chi connectivity index (χ4n) is 4.74. The molecule has 1 saturated carbocycles. The summed E-state index contributed by atoms with van der Waals surface area (Å²) in [5.41, 5.74) is 3.76. The zero-order valence-electron chi connectivity index (χ0n) is 19.1. The Morgan fingerprint density at radius 1 is 1.06 bits per heavy atom. The molecule has 0 aliphatic heterocycles. The summed E-state index contributed by atoms with van der Waals surface area (Å²) in [4.78, 5) is 24.8. The van der Waals surface area contributed by atoms with E-state index in [0.29, 0.717) is 24.4 Å². The van der Waals surface area contributed by atoms with Crippen LogP contribution in [0.2, 0.25) is 0 Å². The highest BCUT2D eigenvalue weighted by Gasteiger charge is 2.18. The van der Waals surface area contributed by atoms with E-state index < -0.39 is 5.97 Å². The standard InChI is InChI=1S/C28H30N2O3/c1-2-3-11-24-20-29(18-21-9-5-4-6-10-21)28(33)30(24)19-22-14-16-23(17-15-22)25-12-7-8-13-26(25)27(31)32/h7-8,12-17,20-21H,4-6,9-11,18-19H2,1H3,(H,31,32). The maximum absolute atomic E-state index is 13.3. The van der Waals surface area contributed by atoms with Crippen LogP contribution in [0.3, 0.4) is 0 Å². The second-order valence-corrected chi connectivity index (χ2v) is 8.80. The van der Waals surface area contributed by atoms with Gasteiger partial charge in [-0.1, -0.05) is 67.6 Å². The van der Waals surface area contributed by atoms with Gasteiger partial charge in [0.25, 0.3) is 0 Å². The number of hydrogen-bond acceptors (Lipinski definition) is 2. The SMILES string of the molecule is CC#CCc1cn(CC2CCCCC2)c(=O)n1Cc1ccc(-c2ccccc2C(=O)O)cc1. The normalized spacial score (nSPS) is 14.0. The molecule has 1 aliphatic rings. The zero-order valence-corrected chi connectivity index (χ0v) is 19.1. The first kappa shape index (κ1) is 22.7. The summed E-state index contributed by atoms with van der Waals surface area (Å²) in [6, 6.07) is 14.8. The van der Waals surface area contributed by atoms with Crippen molar-refractivity contribution in [3.63, 3.8) is 0 Å². The molecule has 0 atom stereocenters. The lowest BCUT2D eigenvalue weighted by Gasteiger charge is -2.21. The lowest BCUT2D eigenvalue weighted by molar-refractivity contribution is 0.0697. The number of carboxylic acid groups (broad SMARTS) is 1. The monoisotopic (exact) mass is 442 g/mol. The molecule has 0 bridgehead atoms. The largest absolute Gasteiger partial charge is 0.478 e. The predicted octanol–water partition coefficient (Wildman–Crippen LogP) is 5.21. The number of hydrogen-bond donors (Lipinski definition) is 1. The molecule has 2 aromatic carbocycles. The van der Waals surface area contributed by atoms with Gasteiger partial charge in [0, 0.05) is 12.7 Å². The average Bonchev–Trinajstić information content (AvgIpc) is 3.13. The number of nitrogens with zero attached hydrogens (tertiary/aromatic N) is 2. The molecule has 0 amide bonds. The highest BCUT2D eigenvalue weighted by atomic mass is 16.4. The number of imidazole rings is 1. The molecule has 1 aliphatic carbocycles. The fraction of sp³-hybridized carbons (Fsp3) is 0.357. The number of aromatic carboxylic acids is 1. The van der Waals surface area contributed by atoms with Crippen LogP contribution in [-0.4, -0.2) is 20.2 Å². The molecule has 3 aromatic rings. The maximum atomic E-state index is 13.3. The van der Waals surface area contributed by atoms with E-state index in [4.69, 9.17) is 0 Å². The summed E-state index contributed by atoms with van der Waals surface area (Å²) in [5, 5.41) is 9.48. The Hall–Kier alpha value is -3.52. The van der Waals surface area contributed by atoms with E-state index in [1.807, 2.05) is 58.7 Å². The van der Waals surface area contributed by atoms with Crippen molar-refractivity contribution in [2.75, 3.05) is 0 Å². The van der Waals surface area contributed by atoms with Crippen molar-refractivity contribution in [3.05, 3.63) is 82.0 Å². The van der Waals surface area contributed by atoms with E-state index >= 15 is 0 Å². The Morgan fingerprint density at radius 3 is 2.48 bits per heavy atom. The van der Waals surface area contributed by atoms with Gasteiger partial charge in [-0.3, -0.25) is 9.13 Å². The van der Waals surface area contributed by atoms with Crippen LogP contribution in [0, 0.1) is 17.8 Å². The molecule has 1 aromatic heterocycles. The zero-order chi connectivity index (χ0) is 23.2. The maximum Gasteiger partial charge on any atom is 0.336 e. The van der Waals surface area contributed by atoms with Gasteiger partial charge in [-0.25, -0.2) is 9.59 Å². The number of aromatic nitrogens is 2. The quantitative estimate of drug-likeness (QED) is 0.511. The van der Waals surface area contributed by atoms with Crippen molar-refractivity contribution in [2.45, 2.75) is 58.5 Å². The molecule has 0 unspecified atom stereocenters. The summed E-state index contributed by atoms with van der Waals surface area (Å²) in [5.74, 6) is 5.67. The van der Waals surface area contributed by atoms with Crippen molar-refractivity contribution in [2.24, 2.45) is 5.92 Å². The summed E-state index contributed by atoms with van der Waals surface area (Å²) in [7, 11) is 0. The fourth-order valence-corrected chi connectivity index (χ4v) is 4.74. The van der Waals surface area contributed by atoms with E-state index in [1.165, 1.54) is 32.1 Å². The van der Waals surface area contributed by atoms with Crippen molar-refractivity contribution >= 4 is 5.97 Å². The summed E-state index contributed by atoms with van der Waals surface area (Å²) in [6.07, 6.45) is 8.74. The number of carboxylic acids is 1. The van der Waals surface area contributed by atoms with Gasteiger partial charge in [0.2, 0.25) is 0 Å². The Kier molecular flexibility index (Phi) is 7.14. The van der Waals surface area contributed by atoms with Crippen molar-refractivity contribution in [1.29, 1.82) is 0 Å². The van der Waals surface area contributed by atoms with Crippen LogP contribution in [-0.2, 0) is 19.5 Å². The van der Waals surface area contributed by atoms with E-state index in [2.05, 4.69) is 11.8 Å². The van der Waals surface area contributed by atoms with Crippen LogP contribution in [0.15, 0.2) is 59.5 Å². The van der Waals surface area contributed by atoms with E-state index in [0.717, 1.165) is 23.4 Å². The van der Waals surface area contributed by atoms with Crippen molar-refractivity contribution in [3.8, 4) is 23.0 Å². The molecular weight excluding hydrogens is 412 g/mol. The molecule has 1 fully saturated rings. The van der Waals surface area contributed by atoms with Crippen molar-refractivity contribution < 1.29 is 9.90 Å². The minimum atomic E-state index is -0.942. The van der Waals surface area contributed by atoms with Crippen molar-refractivity contribution in [1.82, 2.24) is 9.13 Å². The Bertz CT molecular complexity index is 1230. The van der Waals surface area contributed by atoms with Gasteiger partial charge in [-0.15, -0.1) is 5.92 Å². The molecule has 4 rings (SSSR count). The van der Waals surface area contributed by atoms with Gasteiger partial charge in [0.05, 0.1) is 24.2 Å². The van der Waals surface area contributed by atoms with Gasteiger partial charge in [0.1, 0.15) is 0 Å². The van der Waals surface area contributed by atoms with Crippen LogP contribution in [0.1, 0.15) is 60.6 Å². The highest BCUT2D eigenvalue weighted by Crippen LogP contribution is 2.26. The molecule has 1 N–H and O–H groups in total. The topological polar surface area (TPSA) is 64.2 Å². The first-order valence-electron chi connectivity index (χ1n) is 11.7. The van der Waals surface area contributed by atoms with Gasteiger partial charge < -0.3 is 5.11 Å². The summed E-state index contributed by atoms with van der Waals surface area (Å²) < 4.78 is 3.70. The van der Waals surface area contributed by atoms with Crippen LogP contribution in [0.5, 0.6) is 0 Å². The summed E-state index contributed by atoms with van der Waals surface area (Å²) >= 11 is 0. The van der Waals surface area contributed by atoms with E-state index in [-0.39, 0.29) is 11.3 Å². The Morgan fingerprint density at radius 2 is 1.79 bits per heavy atom. The van der Waals surface area contributed by atoms with Crippen LogP contribution < -0.4 is 5.69 Å². The second-order valence-electron chi connectivity index (χ2n) is 8.80. The van der Waals surface area contributed by atoms with Gasteiger partial charge in [-0.05, 0) is 48.4 Å².